The zero-order valence-electron chi connectivity index (χ0n) is 12.2. The standard InChI is InChI=1S/C14H18N2O5/c1-19-10-4-8(5-11(20-2)14(10)21-3)13-9(7-17)6-12(18)15-16-13/h4-5,9,17H,6-7H2,1-3H3,(H,15,18). The quantitative estimate of drug-likeness (QED) is 0.827. The van der Waals surface area contributed by atoms with Gasteiger partial charge >= 0.3 is 0 Å². The fourth-order valence-corrected chi connectivity index (χ4v) is 2.26. The number of nitrogens with zero attached hydrogens (tertiary/aromatic N) is 1. The molecule has 1 amide bonds. The van der Waals surface area contributed by atoms with Crippen LogP contribution in [0, 0.1) is 5.92 Å². The van der Waals surface area contributed by atoms with Crippen LogP contribution in [0.2, 0.25) is 0 Å². The van der Waals surface area contributed by atoms with Gasteiger partial charge in [-0.2, -0.15) is 5.10 Å². The van der Waals surface area contributed by atoms with Crippen LogP contribution < -0.4 is 19.6 Å². The number of carbonyl (C=O) groups excluding carboxylic acids is 1. The third-order valence-electron chi connectivity index (χ3n) is 3.30. The second kappa shape index (κ2) is 6.45. The molecule has 1 aromatic rings. The van der Waals surface area contributed by atoms with Gasteiger partial charge in [-0.15, -0.1) is 0 Å². The lowest BCUT2D eigenvalue weighted by atomic mass is 9.92. The second-order valence-corrected chi connectivity index (χ2v) is 4.53. The fraction of sp³-hybridized carbons (Fsp3) is 0.429. The molecule has 2 rings (SSSR count). The van der Waals surface area contributed by atoms with Crippen molar-refractivity contribution in [3.8, 4) is 17.2 Å². The highest BCUT2D eigenvalue weighted by atomic mass is 16.5. The summed E-state index contributed by atoms with van der Waals surface area (Å²) in [7, 11) is 4.57. The zero-order chi connectivity index (χ0) is 15.4. The topological polar surface area (TPSA) is 89.4 Å². The van der Waals surface area contributed by atoms with Crippen molar-refractivity contribution in [1.29, 1.82) is 0 Å². The number of aliphatic hydroxyl groups excluding tert-OH is 1. The molecule has 0 saturated carbocycles. The number of nitrogens with one attached hydrogen (secondary N) is 1. The van der Waals surface area contributed by atoms with E-state index >= 15 is 0 Å². The van der Waals surface area contributed by atoms with Crippen LogP contribution in [0.25, 0.3) is 0 Å². The highest BCUT2D eigenvalue weighted by Gasteiger charge is 2.27. The lowest BCUT2D eigenvalue weighted by Gasteiger charge is -2.22. The predicted octanol–water partition coefficient (Wildman–Crippen LogP) is 0.545. The van der Waals surface area contributed by atoms with E-state index in [1.807, 2.05) is 0 Å². The summed E-state index contributed by atoms with van der Waals surface area (Å²) < 4.78 is 15.8. The van der Waals surface area contributed by atoms with Gasteiger partial charge in [-0.3, -0.25) is 4.79 Å². The van der Waals surface area contributed by atoms with Gasteiger partial charge in [-0.25, -0.2) is 5.43 Å². The normalized spacial score (nSPS) is 17.8. The molecule has 21 heavy (non-hydrogen) atoms. The third kappa shape index (κ3) is 2.92. The molecule has 114 valence electrons. The van der Waals surface area contributed by atoms with E-state index in [0.29, 0.717) is 28.5 Å². The Morgan fingerprint density at radius 3 is 2.33 bits per heavy atom. The van der Waals surface area contributed by atoms with Crippen molar-refractivity contribution in [2.24, 2.45) is 11.0 Å². The number of aliphatic hydroxyl groups is 1. The number of amides is 1. The van der Waals surface area contributed by atoms with Gasteiger partial charge in [0.05, 0.1) is 33.6 Å². The van der Waals surface area contributed by atoms with E-state index in [2.05, 4.69) is 10.5 Å². The molecule has 1 aliphatic rings. The molecule has 2 N–H and O–H groups in total. The first-order chi connectivity index (χ1) is 10.1. The van der Waals surface area contributed by atoms with Gasteiger partial charge in [0, 0.05) is 17.9 Å². The first kappa shape index (κ1) is 15.1. The van der Waals surface area contributed by atoms with Crippen LogP contribution in [0.3, 0.4) is 0 Å². The van der Waals surface area contributed by atoms with Gasteiger partial charge in [-0.1, -0.05) is 0 Å². The highest BCUT2D eigenvalue weighted by Crippen LogP contribution is 2.39. The molecule has 1 aliphatic heterocycles. The minimum Gasteiger partial charge on any atom is -0.493 e. The Morgan fingerprint density at radius 1 is 1.24 bits per heavy atom. The van der Waals surface area contributed by atoms with Crippen molar-refractivity contribution in [2.75, 3.05) is 27.9 Å². The molecule has 0 radical (unpaired) electrons. The van der Waals surface area contributed by atoms with E-state index in [9.17, 15) is 9.90 Å². The summed E-state index contributed by atoms with van der Waals surface area (Å²) in [5.74, 6) is 0.878. The molecule has 0 aliphatic carbocycles. The third-order valence-corrected chi connectivity index (χ3v) is 3.30. The minimum absolute atomic E-state index is 0.164. The van der Waals surface area contributed by atoms with Gasteiger partial charge in [-0.05, 0) is 12.1 Å². The number of ether oxygens (including phenoxy) is 3. The zero-order valence-corrected chi connectivity index (χ0v) is 12.2. The summed E-state index contributed by atoms with van der Waals surface area (Å²) in [4.78, 5) is 11.4. The Bertz CT molecular complexity index is 545. The Labute approximate surface area is 122 Å². The van der Waals surface area contributed by atoms with Gasteiger partial charge < -0.3 is 19.3 Å². The summed E-state index contributed by atoms with van der Waals surface area (Å²) in [5, 5.41) is 13.5. The van der Waals surface area contributed by atoms with Crippen LogP contribution in [0.4, 0.5) is 0 Å². The van der Waals surface area contributed by atoms with Crippen LogP contribution in [0.5, 0.6) is 17.2 Å². The summed E-state index contributed by atoms with van der Waals surface area (Å²) in [6.07, 6.45) is 0.187. The van der Waals surface area contributed by atoms with E-state index in [1.165, 1.54) is 21.3 Å². The minimum atomic E-state index is -0.360. The summed E-state index contributed by atoms with van der Waals surface area (Å²) in [6.45, 7) is -0.164. The highest BCUT2D eigenvalue weighted by molar-refractivity contribution is 6.06. The second-order valence-electron chi connectivity index (χ2n) is 4.53. The van der Waals surface area contributed by atoms with Crippen molar-refractivity contribution in [1.82, 2.24) is 5.43 Å². The van der Waals surface area contributed by atoms with E-state index in [4.69, 9.17) is 14.2 Å². The predicted molar refractivity (Wildman–Crippen MR) is 76.0 cm³/mol. The van der Waals surface area contributed by atoms with Crippen LogP contribution in [0.15, 0.2) is 17.2 Å². The Morgan fingerprint density at radius 2 is 1.86 bits per heavy atom. The van der Waals surface area contributed by atoms with Gasteiger partial charge in [0.1, 0.15) is 0 Å². The van der Waals surface area contributed by atoms with Gasteiger partial charge in [0.25, 0.3) is 0 Å². The van der Waals surface area contributed by atoms with Crippen LogP contribution >= 0.6 is 0 Å². The van der Waals surface area contributed by atoms with E-state index in [0.717, 1.165) is 0 Å². The summed E-state index contributed by atoms with van der Waals surface area (Å²) in [6, 6.07) is 3.47. The van der Waals surface area contributed by atoms with Crippen molar-refractivity contribution in [3.63, 3.8) is 0 Å². The molecule has 1 aromatic carbocycles. The summed E-state index contributed by atoms with van der Waals surface area (Å²) >= 11 is 0. The molecule has 1 heterocycles. The van der Waals surface area contributed by atoms with Crippen LogP contribution in [-0.4, -0.2) is 44.7 Å². The molecule has 0 spiro atoms. The number of rotatable bonds is 5. The average Bonchev–Trinajstić information content (AvgIpc) is 2.53. The largest absolute Gasteiger partial charge is 0.493 e. The first-order valence-corrected chi connectivity index (χ1v) is 6.42. The van der Waals surface area contributed by atoms with Crippen molar-refractivity contribution in [3.05, 3.63) is 17.7 Å². The van der Waals surface area contributed by atoms with Crippen molar-refractivity contribution in [2.45, 2.75) is 6.42 Å². The Hall–Kier alpha value is -2.28. The number of benzene rings is 1. The average molecular weight is 294 g/mol. The van der Waals surface area contributed by atoms with Crippen molar-refractivity contribution < 1.29 is 24.1 Å². The number of hydrogen-bond acceptors (Lipinski definition) is 6. The molecule has 0 bridgehead atoms. The van der Waals surface area contributed by atoms with E-state index in [1.54, 1.807) is 12.1 Å². The Kier molecular flexibility index (Phi) is 4.64. The van der Waals surface area contributed by atoms with E-state index < -0.39 is 0 Å². The van der Waals surface area contributed by atoms with Gasteiger partial charge in [0.15, 0.2) is 11.5 Å². The summed E-state index contributed by atoms with van der Waals surface area (Å²) in [5.41, 5.74) is 3.70. The van der Waals surface area contributed by atoms with E-state index in [-0.39, 0.29) is 24.9 Å². The maximum absolute atomic E-state index is 11.4. The molecular weight excluding hydrogens is 276 g/mol. The smallest absolute Gasteiger partial charge is 0.240 e. The molecule has 0 aromatic heterocycles. The SMILES string of the molecule is COc1cc(C2=NNC(=O)CC2CO)cc(OC)c1OC. The lowest BCUT2D eigenvalue weighted by Crippen LogP contribution is -2.35. The van der Waals surface area contributed by atoms with Crippen molar-refractivity contribution >= 4 is 11.6 Å². The number of methoxy groups -OCH3 is 3. The number of carbonyl (C=O) groups is 1. The Balaban J connectivity index is 2.50. The molecule has 7 heteroatoms. The molecule has 7 nitrogen and oxygen atoms in total. The fourth-order valence-electron chi connectivity index (χ4n) is 2.26. The molecule has 0 fully saturated rings. The van der Waals surface area contributed by atoms with Crippen LogP contribution in [0.1, 0.15) is 12.0 Å². The van der Waals surface area contributed by atoms with Gasteiger partial charge in [0.2, 0.25) is 11.7 Å². The number of hydrazone groups is 1. The van der Waals surface area contributed by atoms with Crippen LogP contribution in [-0.2, 0) is 4.79 Å². The first-order valence-electron chi connectivity index (χ1n) is 6.42. The maximum Gasteiger partial charge on any atom is 0.240 e. The molecule has 1 atom stereocenters. The maximum atomic E-state index is 11.4. The number of hydrogen-bond donors (Lipinski definition) is 2. The monoisotopic (exact) mass is 294 g/mol. The molecule has 1 unspecified atom stereocenters. The molecular formula is C14H18N2O5. The lowest BCUT2D eigenvalue weighted by molar-refractivity contribution is -0.122. The molecule has 0 saturated heterocycles.